The molecule has 5 heteroatoms. The molecule has 1 N–H and O–H groups in total. The lowest BCUT2D eigenvalue weighted by atomic mass is 9.90. The zero-order valence-electron chi connectivity index (χ0n) is 11.8. The summed E-state index contributed by atoms with van der Waals surface area (Å²) in [7, 11) is 0. The standard InChI is InChI=1S/C16H18N2O3/c19-14(17-9-16(10-17)5-6-16)13-7-11-3-1-2-4-12(11)8-18(13)15(20)21/h1-4,13H,5-10H2,(H,20,21)/t13-/m0/s1. The van der Waals surface area contributed by atoms with E-state index in [-0.39, 0.29) is 5.91 Å². The van der Waals surface area contributed by atoms with E-state index in [1.165, 1.54) is 17.7 Å². The molecular formula is C16H18N2O3. The summed E-state index contributed by atoms with van der Waals surface area (Å²) < 4.78 is 0. The smallest absolute Gasteiger partial charge is 0.408 e. The first kappa shape index (κ1) is 12.7. The average molecular weight is 286 g/mol. The zero-order chi connectivity index (χ0) is 14.6. The van der Waals surface area contributed by atoms with Crippen molar-refractivity contribution < 1.29 is 14.7 Å². The number of carbonyl (C=O) groups is 2. The van der Waals surface area contributed by atoms with Crippen LogP contribution in [0.25, 0.3) is 0 Å². The van der Waals surface area contributed by atoms with Gasteiger partial charge in [-0.05, 0) is 24.0 Å². The van der Waals surface area contributed by atoms with Crippen molar-refractivity contribution >= 4 is 12.0 Å². The van der Waals surface area contributed by atoms with E-state index in [2.05, 4.69) is 0 Å². The van der Waals surface area contributed by atoms with Crippen molar-refractivity contribution in [1.29, 1.82) is 0 Å². The highest BCUT2D eigenvalue weighted by molar-refractivity contribution is 5.87. The third kappa shape index (κ3) is 1.99. The summed E-state index contributed by atoms with van der Waals surface area (Å²) >= 11 is 0. The topological polar surface area (TPSA) is 60.9 Å². The van der Waals surface area contributed by atoms with Gasteiger partial charge in [0.25, 0.3) is 0 Å². The van der Waals surface area contributed by atoms with Crippen LogP contribution in [-0.4, -0.2) is 46.0 Å². The Balaban J connectivity index is 1.57. The number of fused-ring (bicyclic) bond motifs is 1. The highest BCUT2D eigenvalue weighted by Gasteiger charge is 2.55. The molecule has 2 aliphatic heterocycles. The minimum absolute atomic E-state index is 0.0237. The molecule has 21 heavy (non-hydrogen) atoms. The maximum atomic E-state index is 12.6. The quantitative estimate of drug-likeness (QED) is 0.855. The summed E-state index contributed by atoms with van der Waals surface area (Å²) in [5.41, 5.74) is 2.50. The number of benzene rings is 1. The molecule has 1 aromatic rings. The van der Waals surface area contributed by atoms with Crippen molar-refractivity contribution in [3.63, 3.8) is 0 Å². The number of rotatable bonds is 1. The van der Waals surface area contributed by atoms with Crippen LogP contribution in [0.4, 0.5) is 4.79 Å². The number of hydrogen-bond acceptors (Lipinski definition) is 2. The maximum absolute atomic E-state index is 12.6. The van der Waals surface area contributed by atoms with Crippen LogP contribution in [0.5, 0.6) is 0 Å². The predicted molar refractivity (Wildman–Crippen MR) is 75.7 cm³/mol. The van der Waals surface area contributed by atoms with Crippen molar-refractivity contribution in [1.82, 2.24) is 9.80 Å². The second-order valence-corrected chi connectivity index (χ2v) is 6.59. The molecule has 0 radical (unpaired) electrons. The molecule has 0 aromatic heterocycles. The molecular weight excluding hydrogens is 268 g/mol. The van der Waals surface area contributed by atoms with Crippen molar-refractivity contribution in [3.05, 3.63) is 35.4 Å². The van der Waals surface area contributed by atoms with Crippen LogP contribution in [0.2, 0.25) is 0 Å². The number of amides is 2. The summed E-state index contributed by atoms with van der Waals surface area (Å²) in [5, 5.41) is 9.43. The zero-order valence-corrected chi connectivity index (χ0v) is 11.8. The molecule has 2 heterocycles. The SMILES string of the molecule is O=C([C@@H]1Cc2ccccc2CN1C(=O)O)N1CC2(CC2)C1. The lowest BCUT2D eigenvalue weighted by molar-refractivity contribution is -0.144. The fourth-order valence-electron chi connectivity index (χ4n) is 3.57. The van der Waals surface area contributed by atoms with Crippen molar-refractivity contribution in [3.8, 4) is 0 Å². The predicted octanol–water partition coefficient (Wildman–Crippen LogP) is 1.71. The average Bonchev–Trinajstić information content (AvgIpc) is 3.24. The number of nitrogens with zero attached hydrogens (tertiary/aromatic N) is 2. The Bertz CT molecular complexity index is 616. The highest BCUT2D eigenvalue weighted by Crippen LogP contribution is 2.53. The van der Waals surface area contributed by atoms with Crippen LogP contribution in [0.3, 0.4) is 0 Å². The third-order valence-corrected chi connectivity index (χ3v) is 5.10. The highest BCUT2D eigenvalue weighted by atomic mass is 16.4. The van der Waals surface area contributed by atoms with Gasteiger partial charge in [0, 0.05) is 24.9 Å². The van der Waals surface area contributed by atoms with Crippen LogP contribution in [0.15, 0.2) is 24.3 Å². The van der Waals surface area contributed by atoms with Gasteiger partial charge in [-0.15, -0.1) is 0 Å². The molecule has 3 aliphatic rings. The van der Waals surface area contributed by atoms with E-state index in [1.807, 2.05) is 29.2 Å². The lowest BCUT2D eigenvalue weighted by Crippen LogP contribution is -2.60. The normalized spacial score (nSPS) is 25.2. The lowest BCUT2D eigenvalue weighted by Gasteiger charge is -2.44. The van der Waals surface area contributed by atoms with Crippen LogP contribution < -0.4 is 0 Å². The molecule has 1 aliphatic carbocycles. The van der Waals surface area contributed by atoms with Crippen molar-refractivity contribution in [2.45, 2.75) is 31.8 Å². The number of likely N-dealkylation sites (tertiary alicyclic amines) is 1. The summed E-state index contributed by atoms with van der Waals surface area (Å²) in [4.78, 5) is 27.3. The Morgan fingerprint density at radius 1 is 1.14 bits per heavy atom. The molecule has 1 spiro atoms. The molecule has 2 amide bonds. The van der Waals surface area contributed by atoms with Gasteiger partial charge in [0.2, 0.25) is 5.91 Å². The summed E-state index contributed by atoms with van der Waals surface area (Å²) in [6.45, 7) is 1.94. The fraction of sp³-hybridized carbons (Fsp3) is 0.500. The first-order valence-corrected chi connectivity index (χ1v) is 7.43. The Morgan fingerprint density at radius 2 is 1.81 bits per heavy atom. The van der Waals surface area contributed by atoms with Gasteiger partial charge in [-0.3, -0.25) is 9.69 Å². The minimum atomic E-state index is -1.01. The molecule has 1 saturated carbocycles. The van der Waals surface area contributed by atoms with Crippen molar-refractivity contribution in [2.24, 2.45) is 5.41 Å². The summed E-state index contributed by atoms with van der Waals surface area (Å²) in [6.07, 6.45) is 1.91. The first-order chi connectivity index (χ1) is 10.1. The van der Waals surface area contributed by atoms with Gasteiger partial charge in [-0.1, -0.05) is 24.3 Å². The van der Waals surface area contributed by atoms with E-state index in [0.717, 1.165) is 24.2 Å². The van der Waals surface area contributed by atoms with E-state index >= 15 is 0 Å². The largest absolute Gasteiger partial charge is 0.465 e. The van der Waals surface area contributed by atoms with E-state index in [4.69, 9.17) is 0 Å². The summed E-state index contributed by atoms with van der Waals surface area (Å²) in [6, 6.07) is 7.23. The van der Waals surface area contributed by atoms with E-state index < -0.39 is 12.1 Å². The Kier molecular flexibility index (Phi) is 2.55. The van der Waals surface area contributed by atoms with Gasteiger partial charge < -0.3 is 10.0 Å². The molecule has 0 unspecified atom stereocenters. The van der Waals surface area contributed by atoms with E-state index in [0.29, 0.717) is 18.4 Å². The minimum Gasteiger partial charge on any atom is -0.465 e. The molecule has 2 fully saturated rings. The second-order valence-electron chi connectivity index (χ2n) is 6.59. The molecule has 4 rings (SSSR count). The van der Waals surface area contributed by atoms with Crippen LogP contribution in [0, 0.1) is 5.41 Å². The van der Waals surface area contributed by atoms with Gasteiger partial charge >= 0.3 is 6.09 Å². The molecule has 0 bridgehead atoms. The molecule has 1 saturated heterocycles. The Hall–Kier alpha value is -2.04. The maximum Gasteiger partial charge on any atom is 0.408 e. The first-order valence-electron chi connectivity index (χ1n) is 7.43. The Labute approximate surface area is 123 Å². The van der Waals surface area contributed by atoms with Crippen molar-refractivity contribution in [2.75, 3.05) is 13.1 Å². The van der Waals surface area contributed by atoms with Crippen LogP contribution in [0.1, 0.15) is 24.0 Å². The van der Waals surface area contributed by atoms with Gasteiger partial charge in [0.1, 0.15) is 6.04 Å². The third-order valence-electron chi connectivity index (χ3n) is 5.10. The van der Waals surface area contributed by atoms with Gasteiger partial charge in [-0.2, -0.15) is 0 Å². The van der Waals surface area contributed by atoms with Gasteiger partial charge in [-0.25, -0.2) is 4.79 Å². The second kappa shape index (κ2) is 4.23. The van der Waals surface area contributed by atoms with Crippen LogP contribution >= 0.6 is 0 Å². The van der Waals surface area contributed by atoms with E-state index in [9.17, 15) is 14.7 Å². The number of carbonyl (C=O) groups excluding carboxylic acids is 1. The van der Waals surface area contributed by atoms with Gasteiger partial charge in [0.05, 0.1) is 6.54 Å². The molecule has 5 nitrogen and oxygen atoms in total. The number of carboxylic acid groups (broad SMARTS) is 1. The Morgan fingerprint density at radius 3 is 2.43 bits per heavy atom. The molecule has 1 aromatic carbocycles. The molecule has 110 valence electrons. The van der Waals surface area contributed by atoms with E-state index in [1.54, 1.807) is 0 Å². The van der Waals surface area contributed by atoms with Crippen LogP contribution in [-0.2, 0) is 17.8 Å². The fourth-order valence-corrected chi connectivity index (χ4v) is 3.57. The monoisotopic (exact) mass is 286 g/mol. The summed E-state index contributed by atoms with van der Waals surface area (Å²) in [5.74, 6) is -0.0237. The number of hydrogen-bond donors (Lipinski definition) is 1. The molecule has 1 atom stereocenters. The van der Waals surface area contributed by atoms with Gasteiger partial charge in [0.15, 0.2) is 0 Å².